The number of ether oxygens (including phenoxy) is 1. The van der Waals surface area contributed by atoms with Crippen molar-refractivity contribution in [3.8, 4) is 0 Å². The van der Waals surface area contributed by atoms with Gasteiger partial charge in [-0.25, -0.2) is 0 Å². The molecule has 14 nitrogen and oxygen atoms in total. The van der Waals surface area contributed by atoms with Crippen LogP contribution < -0.4 is 27.0 Å². The molecule has 0 aromatic heterocycles. The number of nitrogens with zero attached hydrogens (tertiary/aromatic N) is 1. The van der Waals surface area contributed by atoms with E-state index < -0.39 is 78.4 Å². The number of aliphatic hydroxyl groups is 1. The fraction of sp³-hybridized carbons (Fsp3) is 0.838. The van der Waals surface area contributed by atoms with Gasteiger partial charge in [0, 0.05) is 13.6 Å². The zero-order valence-corrected chi connectivity index (χ0v) is 31.0. The Morgan fingerprint density at radius 3 is 2.20 bits per heavy atom. The van der Waals surface area contributed by atoms with E-state index in [2.05, 4.69) is 21.3 Å². The van der Waals surface area contributed by atoms with Crippen LogP contribution in [0.25, 0.3) is 0 Å². The van der Waals surface area contributed by atoms with Gasteiger partial charge in [-0.2, -0.15) is 0 Å². The first-order valence-electron chi connectivity index (χ1n) is 19.4. The Morgan fingerprint density at radius 1 is 0.863 bits per heavy atom. The van der Waals surface area contributed by atoms with Crippen LogP contribution in [-0.2, 0) is 33.5 Å². The molecule has 14 heteroatoms. The van der Waals surface area contributed by atoms with Crippen molar-refractivity contribution in [1.82, 2.24) is 26.2 Å². The van der Waals surface area contributed by atoms with Gasteiger partial charge in [-0.15, -0.1) is 0 Å². The normalized spacial score (nSPS) is 34.9. The van der Waals surface area contributed by atoms with Gasteiger partial charge in [0.1, 0.15) is 36.8 Å². The van der Waals surface area contributed by atoms with E-state index in [1.807, 2.05) is 6.92 Å². The van der Waals surface area contributed by atoms with E-state index in [1.165, 1.54) is 18.2 Å². The minimum atomic E-state index is -1.46. The highest BCUT2D eigenvalue weighted by Gasteiger charge is 2.42. The van der Waals surface area contributed by atoms with Crippen molar-refractivity contribution in [2.75, 3.05) is 20.1 Å². The Kier molecular flexibility index (Phi) is 15.1. The summed E-state index contributed by atoms with van der Waals surface area (Å²) in [5.74, 6) is -3.31. The lowest BCUT2D eigenvalue weighted by Gasteiger charge is -2.36. The zero-order chi connectivity index (χ0) is 37.2. The predicted octanol–water partition coefficient (Wildman–Crippen LogP) is 1.27. The van der Waals surface area contributed by atoms with Crippen molar-refractivity contribution in [2.45, 2.75) is 147 Å². The number of hydrogen-bond donors (Lipinski definition) is 6. The number of rotatable bonds is 7. The first-order valence-corrected chi connectivity index (χ1v) is 19.4. The Morgan fingerprint density at radius 2 is 1.55 bits per heavy atom. The van der Waals surface area contributed by atoms with E-state index in [1.54, 1.807) is 14.0 Å². The second kappa shape index (κ2) is 19.0. The van der Waals surface area contributed by atoms with Crippen LogP contribution in [0.3, 0.4) is 0 Å². The summed E-state index contributed by atoms with van der Waals surface area (Å²) in [5, 5.41) is 21.0. The highest BCUT2D eigenvalue weighted by Crippen LogP contribution is 2.47. The molecule has 0 radical (unpaired) electrons. The van der Waals surface area contributed by atoms with Crippen molar-refractivity contribution >= 4 is 35.5 Å². The molecule has 0 aromatic rings. The molecular weight excluding hydrogens is 656 g/mol. The number of hydrogen-bond acceptors (Lipinski definition) is 9. The van der Waals surface area contributed by atoms with Gasteiger partial charge in [0.15, 0.2) is 0 Å². The number of fused-ring (bicyclic) bond motifs is 2. The molecule has 3 aliphatic carbocycles. The maximum Gasteiger partial charge on any atom is 0.325 e. The van der Waals surface area contributed by atoms with E-state index in [9.17, 15) is 33.9 Å². The molecule has 2 bridgehead atoms. The minimum Gasteiger partial charge on any atom is -0.460 e. The molecule has 3 saturated carbocycles. The molecule has 4 rings (SSSR count). The van der Waals surface area contributed by atoms with Crippen LogP contribution in [0.4, 0.5) is 0 Å². The van der Waals surface area contributed by atoms with Gasteiger partial charge in [0.2, 0.25) is 29.5 Å². The summed E-state index contributed by atoms with van der Waals surface area (Å²) in [6, 6.07) is -4.63. The van der Waals surface area contributed by atoms with Gasteiger partial charge in [0.25, 0.3) is 0 Å². The highest BCUT2D eigenvalue weighted by atomic mass is 16.5. The van der Waals surface area contributed by atoms with Crippen LogP contribution >= 0.6 is 0 Å². The first-order chi connectivity index (χ1) is 24.3. The molecule has 4 fully saturated rings. The van der Waals surface area contributed by atoms with Crippen LogP contribution in [-0.4, -0.2) is 102 Å². The van der Waals surface area contributed by atoms with Crippen LogP contribution in [0.2, 0.25) is 0 Å². The maximum absolute atomic E-state index is 14.2. The smallest absolute Gasteiger partial charge is 0.325 e. The van der Waals surface area contributed by atoms with Crippen molar-refractivity contribution in [3.05, 3.63) is 0 Å². The Balaban J connectivity index is 1.68. The highest BCUT2D eigenvalue weighted by molar-refractivity contribution is 5.96. The summed E-state index contributed by atoms with van der Waals surface area (Å²) in [5.41, 5.74) is 5.92. The molecule has 51 heavy (non-hydrogen) atoms. The van der Waals surface area contributed by atoms with E-state index in [0.717, 1.165) is 57.3 Å². The molecule has 4 aliphatic rings. The molecular formula is C37H62N6O8. The van der Waals surface area contributed by atoms with Crippen molar-refractivity contribution in [1.29, 1.82) is 0 Å². The number of aliphatic hydroxyl groups excluding tert-OH is 1. The third-order valence-corrected chi connectivity index (χ3v) is 11.9. The van der Waals surface area contributed by atoms with Gasteiger partial charge in [-0.3, -0.25) is 28.8 Å². The second-order valence-corrected chi connectivity index (χ2v) is 15.6. The summed E-state index contributed by atoms with van der Waals surface area (Å²) < 4.78 is 5.98. The first kappa shape index (κ1) is 40.5. The predicted molar refractivity (Wildman–Crippen MR) is 189 cm³/mol. The van der Waals surface area contributed by atoms with Crippen molar-refractivity contribution in [2.24, 2.45) is 35.3 Å². The van der Waals surface area contributed by atoms with Gasteiger partial charge in [0.05, 0.1) is 12.0 Å². The number of esters is 1. The number of carbonyl (C=O) groups excluding carboxylic acids is 6. The SMILES string of the molecule is CCC[C@H]1C(=O)N[C@@H](C2CCCCCC2)C(=O)N[C@@H](CN)C(=O)N[C@@H]([C@H](C)O)C(=O)NCC(=O)O[C@H](C[C@@H]2CC[C@@H]3CC[C@H]2C3)[C@@H](C)C(=O)N1C. The van der Waals surface area contributed by atoms with Gasteiger partial charge < -0.3 is 41.7 Å². The average molecular weight is 719 g/mol. The fourth-order valence-electron chi connectivity index (χ4n) is 8.78. The van der Waals surface area contributed by atoms with Crippen molar-refractivity contribution in [3.63, 3.8) is 0 Å². The largest absolute Gasteiger partial charge is 0.460 e. The van der Waals surface area contributed by atoms with Crippen LogP contribution in [0.1, 0.15) is 111 Å². The molecule has 0 aromatic carbocycles. The summed E-state index contributed by atoms with van der Waals surface area (Å²) >= 11 is 0. The molecule has 7 N–H and O–H groups in total. The number of amides is 5. The molecule has 1 heterocycles. The van der Waals surface area contributed by atoms with E-state index in [0.29, 0.717) is 38.0 Å². The quantitative estimate of drug-likeness (QED) is 0.165. The average Bonchev–Trinajstić information content (AvgIpc) is 3.29. The van der Waals surface area contributed by atoms with E-state index >= 15 is 0 Å². The fourth-order valence-corrected chi connectivity index (χ4v) is 8.78. The van der Waals surface area contributed by atoms with E-state index in [-0.39, 0.29) is 24.3 Å². The van der Waals surface area contributed by atoms with Gasteiger partial charge >= 0.3 is 5.97 Å². The molecule has 1 aliphatic heterocycles. The lowest BCUT2D eigenvalue weighted by Crippen LogP contribution is -2.62. The molecule has 288 valence electrons. The number of nitrogens with two attached hydrogens (primary N) is 1. The van der Waals surface area contributed by atoms with Gasteiger partial charge in [-0.05, 0) is 75.5 Å². The summed E-state index contributed by atoms with van der Waals surface area (Å²) in [6.07, 6.45) is 9.96. The number of likely N-dealkylation sites (N-methyl/N-ethyl adjacent to an activating group) is 1. The molecule has 10 atom stereocenters. The molecule has 0 spiro atoms. The molecule has 5 amide bonds. The Labute approximate surface area is 302 Å². The summed E-state index contributed by atoms with van der Waals surface area (Å²) in [4.78, 5) is 83.6. The Hall–Kier alpha value is -3.26. The summed E-state index contributed by atoms with van der Waals surface area (Å²) in [7, 11) is 1.58. The number of cyclic esters (lactones) is 1. The topological polar surface area (TPSA) is 209 Å². The second-order valence-electron chi connectivity index (χ2n) is 15.6. The third-order valence-electron chi connectivity index (χ3n) is 11.9. The van der Waals surface area contributed by atoms with Crippen LogP contribution in [0.5, 0.6) is 0 Å². The number of carbonyl (C=O) groups is 6. The lowest BCUT2D eigenvalue weighted by atomic mass is 9.76. The zero-order valence-electron chi connectivity index (χ0n) is 31.0. The summed E-state index contributed by atoms with van der Waals surface area (Å²) in [6.45, 7) is 4.08. The Bertz CT molecular complexity index is 1240. The monoisotopic (exact) mass is 718 g/mol. The molecule has 0 unspecified atom stereocenters. The van der Waals surface area contributed by atoms with Crippen LogP contribution in [0.15, 0.2) is 0 Å². The third kappa shape index (κ3) is 10.6. The van der Waals surface area contributed by atoms with Crippen LogP contribution in [0, 0.1) is 29.6 Å². The maximum atomic E-state index is 14.2. The van der Waals surface area contributed by atoms with E-state index in [4.69, 9.17) is 10.5 Å². The minimum absolute atomic E-state index is 0.209. The van der Waals surface area contributed by atoms with Crippen molar-refractivity contribution < 1.29 is 38.6 Å². The van der Waals surface area contributed by atoms with Gasteiger partial charge in [-0.1, -0.05) is 58.8 Å². The standard InChI is InChI=1S/C37H62N6O8/c1-5-10-28-34(47)42-32(24-11-8-6-7-9-12-24)36(49)40-27(19-38)33(46)41-31(22(3)44)35(48)39-20-30(45)51-29(21(2)37(50)43(28)4)18-26-16-14-23-13-15-25(26)17-23/h21-29,31-32,44H,5-20,38H2,1-4H3,(H,39,48)(H,40,49)(H,41,46)(H,42,47)/t21-,22+,23+,25+,26+,27+,28+,29-,31+,32+/m1/s1. The number of nitrogens with one attached hydrogen (secondary N) is 4. The molecule has 1 saturated heterocycles. The lowest BCUT2D eigenvalue weighted by molar-refractivity contribution is -0.158.